The molecule has 0 unspecified atom stereocenters. The average molecular weight is 273 g/mol. The van der Waals surface area contributed by atoms with Gasteiger partial charge in [-0.25, -0.2) is 4.98 Å². The molecule has 0 atom stereocenters. The van der Waals surface area contributed by atoms with Gasteiger partial charge < -0.3 is 4.57 Å². The molecule has 3 rings (SSSR count). The summed E-state index contributed by atoms with van der Waals surface area (Å²) in [5.41, 5.74) is 4.14. The second-order valence-electron chi connectivity index (χ2n) is 4.41. The number of benzene rings is 1. The molecule has 0 bridgehead atoms. The van der Waals surface area contributed by atoms with Crippen molar-refractivity contribution < 1.29 is 0 Å². The zero-order chi connectivity index (χ0) is 13.2. The first-order valence-corrected chi connectivity index (χ1v) is 6.60. The largest absolute Gasteiger partial charge is 0.321 e. The number of aromatic nitrogens is 4. The topological polar surface area (TPSA) is 43.6 Å². The van der Waals surface area contributed by atoms with E-state index in [2.05, 4.69) is 38.8 Å². The molecule has 0 aliphatic carbocycles. The molecule has 0 aliphatic heterocycles. The second kappa shape index (κ2) is 4.97. The molecule has 2 aromatic heterocycles. The fourth-order valence-electron chi connectivity index (χ4n) is 2.19. The monoisotopic (exact) mass is 272 g/mol. The number of halogens is 1. The van der Waals surface area contributed by atoms with Gasteiger partial charge in [-0.2, -0.15) is 10.2 Å². The molecule has 19 heavy (non-hydrogen) atoms. The lowest BCUT2D eigenvalue weighted by atomic mass is 10.2. The van der Waals surface area contributed by atoms with Gasteiger partial charge in [0.1, 0.15) is 5.82 Å². The Kier molecular flexibility index (Phi) is 3.17. The maximum Gasteiger partial charge on any atom is 0.125 e. The molecule has 0 fully saturated rings. The summed E-state index contributed by atoms with van der Waals surface area (Å²) in [5.74, 6) is 1.24. The van der Waals surface area contributed by atoms with E-state index in [1.165, 1.54) is 0 Å². The molecule has 0 N–H and O–H groups in total. The third-order valence-electron chi connectivity index (χ3n) is 3.13. The van der Waals surface area contributed by atoms with Gasteiger partial charge in [0.2, 0.25) is 0 Å². The van der Waals surface area contributed by atoms with E-state index in [0.717, 1.165) is 28.1 Å². The minimum atomic E-state index is 0.383. The smallest absolute Gasteiger partial charge is 0.125 e. The minimum Gasteiger partial charge on any atom is -0.321 e. The Morgan fingerprint density at radius 3 is 2.84 bits per heavy atom. The molecule has 5 heteroatoms. The van der Waals surface area contributed by atoms with Crippen LogP contribution >= 0.6 is 11.6 Å². The van der Waals surface area contributed by atoms with Crippen LogP contribution in [0.5, 0.6) is 0 Å². The highest BCUT2D eigenvalue weighted by atomic mass is 35.5. The van der Waals surface area contributed by atoms with Crippen LogP contribution in [-0.4, -0.2) is 19.7 Å². The highest BCUT2D eigenvalue weighted by molar-refractivity contribution is 6.16. The number of fused-ring (bicyclic) bond motifs is 1. The molecule has 2 heterocycles. The Bertz CT molecular complexity index is 706. The molecule has 96 valence electrons. The van der Waals surface area contributed by atoms with Crippen molar-refractivity contribution in [2.45, 2.75) is 19.3 Å². The Hall–Kier alpha value is -1.94. The lowest BCUT2D eigenvalue weighted by Gasteiger charge is -2.06. The first-order chi connectivity index (χ1) is 9.29. The molecule has 4 nitrogen and oxygen atoms in total. The van der Waals surface area contributed by atoms with Crippen LogP contribution in [-0.2, 0) is 12.4 Å². The van der Waals surface area contributed by atoms with Gasteiger partial charge in [0.15, 0.2) is 0 Å². The van der Waals surface area contributed by atoms with E-state index in [1.807, 2.05) is 18.2 Å². The van der Waals surface area contributed by atoms with E-state index >= 15 is 0 Å². The number of hydrogen-bond donors (Lipinski definition) is 0. The summed E-state index contributed by atoms with van der Waals surface area (Å²) in [6.45, 7) is 2.69. The summed E-state index contributed by atoms with van der Waals surface area (Å²) >= 11 is 6.00. The molecule has 0 amide bonds. The van der Waals surface area contributed by atoms with E-state index in [-0.39, 0.29) is 0 Å². The number of imidazole rings is 1. The highest BCUT2D eigenvalue weighted by Crippen LogP contribution is 2.21. The number of hydrogen-bond acceptors (Lipinski definition) is 3. The van der Waals surface area contributed by atoms with Gasteiger partial charge in [0.05, 0.1) is 29.2 Å². The van der Waals surface area contributed by atoms with Crippen LogP contribution < -0.4 is 0 Å². The lowest BCUT2D eigenvalue weighted by molar-refractivity contribution is 0.741. The van der Waals surface area contributed by atoms with Gasteiger partial charge in [-0.1, -0.05) is 12.1 Å². The van der Waals surface area contributed by atoms with Crippen LogP contribution in [0.2, 0.25) is 0 Å². The van der Waals surface area contributed by atoms with Crippen molar-refractivity contribution in [2.24, 2.45) is 0 Å². The van der Waals surface area contributed by atoms with Crippen molar-refractivity contribution in [1.29, 1.82) is 0 Å². The number of para-hydroxylation sites is 1. The fourth-order valence-corrected chi connectivity index (χ4v) is 2.40. The predicted molar refractivity (Wildman–Crippen MR) is 75.2 cm³/mol. The molecule has 0 saturated carbocycles. The van der Waals surface area contributed by atoms with Gasteiger partial charge in [0.25, 0.3) is 0 Å². The maximum atomic E-state index is 6.00. The zero-order valence-corrected chi connectivity index (χ0v) is 11.3. The summed E-state index contributed by atoms with van der Waals surface area (Å²) in [4.78, 5) is 4.61. The van der Waals surface area contributed by atoms with Crippen molar-refractivity contribution in [1.82, 2.24) is 19.7 Å². The molecule has 0 saturated heterocycles. The SMILES string of the molecule is Cc1cccc2c1nc(CCl)n2Cc1cccnn1. The molecule has 0 radical (unpaired) electrons. The summed E-state index contributed by atoms with van der Waals surface area (Å²) in [7, 11) is 0. The van der Waals surface area contributed by atoms with Crippen molar-refractivity contribution in [3.05, 3.63) is 53.6 Å². The molecule has 0 spiro atoms. The first kappa shape index (κ1) is 12.1. The minimum absolute atomic E-state index is 0.383. The van der Waals surface area contributed by atoms with Crippen molar-refractivity contribution in [3.8, 4) is 0 Å². The number of aryl methyl sites for hydroxylation is 1. The lowest BCUT2D eigenvalue weighted by Crippen LogP contribution is -2.05. The van der Waals surface area contributed by atoms with Gasteiger partial charge in [0, 0.05) is 6.20 Å². The molecular formula is C14H13ClN4. The Balaban J connectivity index is 2.14. The first-order valence-electron chi connectivity index (χ1n) is 6.07. The summed E-state index contributed by atoms with van der Waals surface area (Å²) < 4.78 is 2.10. The van der Waals surface area contributed by atoms with Gasteiger partial charge in [-0.3, -0.25) is 0 Å². The molecule has 0 aliphatic rings. The summed E-state index contributed by atoms with van der Waals surface area (Å²) in [6, 6.07) is 9.98. The van der Waals surface area contributed by atoms with Gasteiger partial charge in [-0.05, 0) is 30.7 Å². The number of rotatable bonds is 3. The standard InChI is InChI=1S/C14H13ClN4/c1-10-4-2-6-12-14(10)17-13(8-15)19(12)9-11-5-3-7-16-18-11/h2-7H,8-9H2,1H3. The highest BCUT2D eigenvalue weighted by Gasteiger charge is 2.12. The number of nitrogens with zero attached hydrogens (tertiary/aromatic N) is 4. The predicted octanol–water partition coefficient (Wildman–Crippen LogP) is 2.92. The van der Waals surface area contributed by atoms with Crippen LogP contribution in [0.1, 0.15) is 17.1 Å². The average Bonchev–Trinajstić information content (AvgIpc) is 2.80. The van der Waals surface area contributed by atoms with Crippen LogP contribution in [0.4, 0.5) is 0 Å². The third-order valence-corrected chi connectivity index (χ3v) is 3.37. The van der Waals surface area contributed by atoms with Crippen LogP contribution in [0.25, 0.3) is 11.0 Å². The third kappa shape index (κ3) is 2.19. The van der Waals surface area contributed by atoms with Crippen molar-refractivity contribution >= 4 is 22.6 Å². The molecule has 1 aromatic carbocycles. The fraction of sp³-hybridized carbons (Fsp3) is 0.214. The molecular weight excluding hydrogens is 260 g/mol. The Morgan fingerprint density at radius 1 is 1.21 bits per heavy atom. The van der Waals surface area contributed by atoms with Crippen LogP contribution in [0, 0.1) is 6.92 Å². The second-order valence-corrected chi connectivity index (χ2v) is 4.67. The van der Waals surface area contributed by atoms with Gasteiger partial charge >= 0.3 is 0 Å². The normalized spacial score (nSPS) is 11.1. The van der Waals surface area contributed by atoms with E-state index < -0.39 is 0 Å². The quantitative estimate of drug-likeness (QED) is 0.689. The van der Waals surface area contributed by atoms with Crippen molar-refractivity contribution in [3.63, 3.8) is 0 Å². The number of alkyl halides is 1. The zero-order valence-electron chi connectivity index (χ0n) is 10.5. The molecule has 3 aromatic rings. The Labute approximate surface area is 116 Å². The van der Waals surface area contributed by atoms with E-state index in [4.69, 9.17) is 11.6 Å². The van der Waals surface area contributed by atoms with E-state index in [0.29, 0.717) is 12.4 Å². The van der Waals surface area contributed by atoms with Crippen molar-refractivity contribution in [2.75, 3.05) is 0 Å². The summed E-state index contributed by atoms with van der Waals surface area (Å²) in [6.07, 6.45) is 1.67. The van der Waals surface area contributed by atoms with E-state index in [9.17, 15) is 0 Å². The van der Waals surface area contributed by atoms with Gasteiger partial charge in [-0.15, -0.1) is 11.6 Å². The van der Waals surface area contributed by atoms with Crippen LogP contribution in [0.15, 0.2) is 36.5 Å². The summed E-state index contributed by atoms with van der Waals surface area (Å²) in [5, 5.41) is 8.02. The van der Waals surface area contributed by atoms with E-state index in [1.54, 1.807) is 6.20 Å². The maximum absolute atomic E-state index is 6.00. The Morgan fingerprint density at radius 2 is 2.11 bits per heavy atom. The van der Waals surface area contributed by atoms with Crippen LogP contribution in [0.3, 0.4) is 0 Å².